The molecule has 0 radical (unpaired) electrons. The predicted octanol–water partition coefficient (Wildman–Crippen LogP) is 3.49. The molecule has 118 valence electrons. The van der Waals surface area contributed by atoms with Crippen molar-refractivity contribution in [2.75, 3.05) is 13.1 Å². The molecule has 1 aromatic carbocycles. The van der Waals surface area contributed by atoms with Crippen LogP contribution < -0.4 is 5.73 Å². The highest BCUT2D eigenvalue weighted by Gasteiger charge is 2.43. The number of hydrogen-bond donors (Lipinski definition) is 1. The maximum Gasteiger partial charge on any atom is 0.393 e. The number of piperidine rings is 1. The number of benzene rings is 1. The van der Waals surface area contributed by atoms with Gasteiger partial charge >= 0.3 is 6.18 Å². The Morgan fingerprint density at radius 3 is 2.52 bits per heavy atom. The molecule has 1 heterocycles. The molecule has 0 saturated carbocycles. The minimum absolute atomic E-state index is 0.121. The van der Waals surface area contributed by atoms with E-state index in [2.05, 4.69) is 0 Å². The quantitative estimate of drug-likeness (QED) is 0.866. The molecule has 0 aliphatic carbocycles. The topological polar surface area (TPSA) is 29.3 Å². The van der Waals surface area contributed by atoms with Gasteiger partial charge in [-0.05, 0) is 32.4 Å². The molecule has 6 heteroatoms. The van der Waals surface area contributed by atoms with E-state index in [1.54, 1.807) is 30.0 Å². The van der Waals surface area contributed by atoms with Crippen molar-refractivity contribution in [2.45, 2.75) is 38.0 Å². The molecule has 1 fully saturated rings. The monoisotopic (exact) mass is 304 g/mol. The van der Waals surface area contributed by atoms with Gasteiger partial charge in [0.2, 0.25) is 0 Å². The molecule has 0 aromatic heterocycles. The fraction of sp³-hybridized carbons (Fsp3) is 0.600. The second kappa shape index (κ2) is 6.32. The van der Waals surface area contributed by atoms with Crippen molar-refractivity contribution in [3.05, 3.63) is 35.6 Å². The van der Waals surface area contributed by atoms with Crippen molar-refractivity contribution in [3.8, 4) is 0 Å². The Morgan fingerprint density at radius 1 is 1.29 bits per heavy atom. The first-order valence-corrected chi connectivity index (χ1v) is 7.11. The fourth-order valence-electron chi connectivity index (χ4n) is 3.05. The minimum atomic E-state index is -4.21. The highest BCUT2D eigenvalue weighted by molar-refractivity contribution is 5.23. The summed E-state index contributed by atoms with van der Waals surface area (Å²) in [6.07, 6.45) is -3.64. The standard InChI is InChI=1S/C15H20F4N2/c1-10(20)14(12-6-2-3-7-13(12)16)21-8-4-5-11(9-21)15(17,18)19/h2-3,6-7,10-11,14H,4-5,8-9,20H2,1H3. The van der Waals surface area contributed by atoms with Crippen LogP contribution in [0.1, 0.15) is 31.4 Å². The Bertz CT molecular complexity index is 473. The van der Waals surface area contributed by atoms with Crippen molar-refractivity contribution in [1.82, 2.24) is 4.90 Å². The highest BCUT2D eigenvalue weighted by Crippen LogP contribution is 2.37. The lowest BCUT2D eigenvalue weighted by atomic mass is 9.91. The van der Waals surface area contributed by atoms with E-state index in [9.17, 15) is 17.6 Å². The zero-order valence-electron chi connectivity index (χ0n) is 11.9. The number of nitrogens with zero attached hydrogens (tertiary/aromatic N) is 1. The number of alkyl halides is 3. The Labute approximate surface area is 121 Å². The normalized spacial score (nSPS) is 23.8. The van der Waals surface area contributed by atoms with Crippen LogP contribution >= 0.6 is 0 Å². The van der Waals surface area contributed by atoms with Crippen LogP contribution in [0.5, 0.6) is 0 Å². The molecular formula is C15H20F4N2. The number of likely N-dealkylation sites (tertiary alicyclic amines) is 1. The lowest BCUT2D eigenvalue weighted by Gasteiger charge is -2.40. The SMILES string of the molecule is CC(N)C(c1ccccc1F)N1CCCC(C(F)(F)F)C1. The Kier molecular flexibility index (Phi) is 4.88. The van der Waals surface area contributed by atoms with Gasteiger partial charge in [-0.3, -0.25) is 4.90 Å². The van der Waals surface area contributed by atoms with E-state index in [-0.39, 0.29) is 13.0 Å². The van der Waals surface area contributed by atoms with Crippen LogP contribution in [0.2, 0.25) is 0 Å². The molecule has 3 atom stereocenters. The van der Waals surface area contributed by atoms with E-state index < -0.39 is 30.0 Å². The Morgan fingerprint density at radius 2 is 1.95 bits per heavy atom. The molecule has 2 rings (SSSR count). The van der Waals surface area contributed by atoms with Crippen LogP contribution in [0, 0.1) is 11.7 Å². The van der Waals surface area contributed by atoms with Crippen LogP contribution in [0.4, 0.5) is 17.6 Å². The van der Waals surface area contributed by atoms with Crippen LogP contribution in [0.25, 0.3) is 0 Å². The van der Waals surface area contributed by atoms with Gasteiger partial charge in [0.25, 0.3) is 0 Å². The van der Waals surface area contributed by atoms with Gasteiger partial charge in [-0.15, -0.1) is 0 Å². The van der Waals surface area contributed by atoms with E-state index in [1.165, 1.54) is 6.07 Å². The second-order valence-corrected chi connectivity index (χ2v) is 5.70. The number of nitrogens with two attached hydrogens (primary N) is 1. The third kappa shape index (κ3) is 3.74. The van der Waals surface area contributed by atoms with Crippen LogP contribution in [-0.4, -0.2) is 30.2 Å². The first-order valence-electron chi connectivity index (χ1n) is 7.11. The molecule has 2 nitrogen and oxygen atoms in total. The predicted molar refractivity (Wildman–Crippen MR) is 73.1 cm³/mol. The van der Waals surface area contributed by atoms with Gasteiger partial charge in [0.05, 0.1) is 12.0 Å². The van der Waals surface area contributed by atoms with E-state index in [0.717, 1.165) is 0 Å². The van der Waals surface area contributed by atoms with E-state index >= 15 is 0 Å². The van der Waals surface area contributed by atoms with E-state index in [1.807, 2.05) is 0 Å². The zero-order chi connectivity index (χ0) is 15.6. The maximum absolute atomic E-state index is 14.0. The molecule has 1 aliphatic heterocycles. The molecule has 1 aliphatic rings. The van der Waals surface area contributed by atoms with Gasteiger partial charge in [0, 0.05) is 18.2 Å². The Hall–Kier alpha value is -1.14. The molecule has 2 N–H and O–H groups in total. The molecular weight excluding hydrogens is 284 g/mol. The maximum atomic E-state index is 14.0. The van der Waals surface area contributed by atoms with Gasteiger partial charge < -0.3 is 5.73 Å². The molecule has 0 bridgehead atoms. The summed E-state index contributed by atoms with van der Waals surface area (Å²) in [5.74, 6) is -1.78. The average molecular weight is 304 g/mol. The van der Waals surface area contributed by atoms with Crippen LogP contribution in [0.3, 0.4) is 0 Å². The molecule has 21 heavy (non-hydrogen) atoms. The van der Waals surface area contributed by atoms with Gasteiger partial charge in [-0.25, -0.2) is 4.39 Å². The zero-order valence-corrected chi connectivity index (χ0v) is 11.9. The summed E-state index contributed by atoms with van der Waals surface area (Å²) < 4.78 is 52.8. The van der Waals surface area contributed by atoms with Gasteiger partial charge in [-0.1, -0.05) is 18.2 Å². The lowest BCUT2D eigenvalue weighted by molar-refractivity contribution is -0.189. The molecule has 1 aromatic rings. The van der Waals surface area contributed by atoms with Gasteiger partial charge in [0.15, 0.2) is 0 Å². The summed E-state index contributed by atoms with van der Waals surface area (Å²) in [6.45, 7) is 2.09. The van der Waals surface area contributed by atoms with Crippen molar-refractivity contribution in [2.24, 2.45) is 11.7 Å². The number of halogens is 4. The summed E-state index contributed by atoms with van der Waals surface area (Å²) in [4.78, 5) is 1.67. The molecule has 0 amide bonds. The first-order chi connectivity index (χ1) is 9.80. The van der Waals surface area contributed by atoms with Crippen LogP contribution in [-0.2, 0) is 0 Å². The minimum Gasteiger partial charge on any atom is -0.326 e. The van der Waals surface area contributed by atoms with Crippen molar-refractivity contribution in [3.63, 3.8) is 0 Å². The lowest BCUT2D eigenvalue weighted by Crippen LogP contribution is -2.47. The number of hydrogen-bond acceptors (Lipinski definition) is 2. The fourth-order valence-corrected chi connectivity index (χ4v) is 3.05. The summed E-state index contributed by atoms with van der Waals surface area (Å²) in [5, 5.41) is 0. The summed E-state index contributed by atoms with van der Waals surface area (Å²) in [7, 11) is 0. The second-order valence-electron chi connectivity index (χ2n) is 5.70. The number of rotatable bonds is 3. The van der Waals surface area contributed by atoms with Crippen molar-refractivity contribution >= 4 is 0 Å². The molecule has 0 spiro atoms. The summed E-state index contributed by atoms with van der Waals surface area (Å²) in [5.41, 5.74) is 6.30. The van der Waals surface area contributed by atoms with Crippen LogP contribution in [0.15, 0.2) is 24.3 Å². The van der Waals surface area contributed by atoms with E-state index in [4.69, 9.17) is 5.73 Å². The Balaban J connectivity index is 2.25. The van der Waals surface area contributed by atoms with E-state index in [0.29, 0.717) is 18.5 Å². The average Bonchev–Trinajstić information content (AvgIpc) is 2.40. The van der Waals surface area contributed by atoms with Crippen molar-refractivity contribution in [1.29, 1.82) is 0 Å². The smallest absolute Gasteiger partial charge is 0.326 e. The summed E-state index contributed by atoms with van der Waals surface area (Å²) in [6, 6.07) is 5.17. The van der Waals surface area contributed by atoms with Crippen molar-refractivity contribution < 1.29 is 17.6 Å². The summed E-state index contributed by atoms with van der Waals surface area (Å²) >= 11 is 0. The third-order valence-electron chi connectivity index (χ3n) is 4.03. The van der Waals surface area contributed by atoms with Gasteiger partial charge in [-0.2, -0.15) is 13.2 Å². The highest BCUT2D eigenvalue weighted by atomic mass is 19.4. The molecule has 3 unspecified atom stereocenters. The van der Waals surface area contributed by atoms with Gasteiger partial charge in [0.1, 0.15) is 5.82 Å². The third-order valence-corrected chi connectivity index (χ3v) is 4.03. The first kappa shape index (κ1) is 16.2. The molecule has 1 saturated heterocycles. The largest absolute Gasteiger partial charge is 0.393 e.